The summed E-state index contributed by atoms with van der Waals surface area (Å²) in [5.41, 5.74) is 1.84. The summed E-state index contributed by atoms with van der Waals surface area (Å²) in [6.45, 7) is 4.29. The Morgan fingerprint density at radius 1 is 1.15 bits per heavy atom. The molecule has 0 unspecified atom stereocenters. The zero-order chi connectivity index (χ0) is 18.7. The van der Waals surface area contributed by atoms with Gasteiger partial charge in [0, 0.05) is 25.3 Å². The summed E-state index contributed by atoms with van der Waals surface area (Å²) in [6, 6.07) is 14.0. The molecule has 0 N–H and O–H groups in total. The first-order valence-corrected chi connectivity index (χ1v) is 9.89. The monoisotopic (exact) mass is 373 g/mol. The Morgan fingerprint density at radius 2 is 1.85 bits per heavy atom. The van der Waals surface area contributed by atoms with Crippen LogP contribution in [0, 0.1) is 6.92 Å². The summed E-state index contributed by atoms with van der Waals surface area (Å²) < 4.78 is 39.2. The predicted octanol–water partition coefficient (Wildman–Crippen LogP) is 3.50. The van der Waals surface area contributed by atoms with Gasteiger partial charge in [0.25, 0.3) is 0 Å². The van der Waals surface area contributed by atoms with Crippen molar-refractivity contribution in [2.75, 3.05) is 13.7 Å². The van der Waals surface area contributed by atoms with Gasteiger partial charge in [-0.2, -0.15) is 4.31 Å². The van der Waals surface area contributed by atoms with E-state index in [4.69, 9.17) is 9.47 Å². The van der Waals surface area contributed by atoms with Crippen LogP contribution < -0.4 is 4.74 Å². The average Bonchev–Trinajstić information content (AvgIpc) is 2.59. The summed E-state index contributed by atoms with van der Waals surface area (Å²) >= 11 is 0. The Labute approximate surface area is 154 Å². The lowest BCUT2D eigenvalue weighted by Gasteiger charge is -2.30. The Hall–Kier alpha value is -2.15. The summed E-state index contributed by atoms with van der Waals surface area (Å²) in [6.07, 6.45) is 1.80. The molecule has 0 saturated heterocycles. The minimum Gasteiger partial charge on any atom is -0.459 e. The Morgan fingerprint density at radius 3 is 2.54 bits per heavy atom. The van der Waals surface area contributed by atoms with Crippen molar-refractivity contribution >= 4 is 10.0 Å². The molecule has 2 aromatic carbocycles. The Balaban J connectivity index is 2.07. The number of fused-ring (bicyclic) bond motifs is 1. The van der Waals surface area contributed by atoms with Crippen LogP contribution in [0.1, 0.15) is 18.1 Å². The maximum Gasteiger partial charge on any atom is 0.243 e. The molecule has 5 nitrogen and oxygen atoms in total. The second-order valence-electron chi connectivity index (χ2n) is 6.38. The van der Waals surface area contributed by atoms with Gasteiger partial charge in [-0.15, -0.1) is 0 Å². The maximum atomic E-state index is 13.3. The molecule has 138 valence electrons. The van der Waals surface area contributed by atoms with E-state index in [2.05, 4.69) is 0 Å². The van der Waals surface area contributed by atoms with E-state index in [1.807, 2.05) is 50.2 Å². The van der Waals surface area contributed by atoms with Crippen LogP contribution in [0.15, 0.2) is 65.3 Å². The minimum absolute atomic E-state index is 0.240. The Bertz CT molecular complexity index is 904. The maximum absolute atomic E-state index is 13.3. The van der Waals surface area contributed by atoms with Gasteiger partial charge in [-0.1, -0.05) is 35.9 Å². The fourth-order valence-electron chi connectivity index (χ4n) is 2.94. The van der Waals surface area contributed by atoms with Gasteiger partial charge in [0.05, 0.1) is 4.90 Å². The van der Waals surface area contributed by atoms with E-state index in [9.17, 15) is 8.42 Å². The SMILES string of the molecule is COC/C1=C/[C@H](C)N(S(=O)(=O)c2ccc(C)cc2)Cc2ccccc2O1. The zero-order valence-electron chi connectivity index (χ0n) is 15.2. The van der Waals surface area contributed by atoms with Gasteiger partial charge in [0.15, 0.2) is 0 Å². The van der Waals surface area contributed by atoms with Crippen LogP contribution in [0.4, 0.5) is 0 Å². The smallest absolute Gasteiger partial charge is 0.243 e. The Kier molecular flexibility index (Phi) is 5.46. The number of sulfonamides is 1. The van der Waals surface area contributed by atoms with Gasteiger partial charge in [-0.05, 0) is 38.1 Å². The number of aryl methyl sites for hydroxylation is 1. The van der Waals surface area contributed by atoms with Crippen LogP contribution >= 0.6 is 0 Å². The molecule has 1 aliphatic rings. The van der Waals surface area contributed by atoms with Gasteiger partial charge in [-0.25, -0.2) is 8.42 Å². The zero-order valence-corrected chi connectivity index (χ0v) is 16.0. The largest absolute Gasteiger partial charge is 0.459 e. The highest BCUT2D eigenvalue weighted by Gasteiger charge is 2.31. The van der Waals surface area contributed by atoms with Crippen molar-refractivity contribution in [3.05, 3.63) is 71.5 Å². The molecule has 1 aliphatic heterocycles. The molecule has 0 spiro atoms. The first-order chi connectivity index (χ1) is 12.4. The molecule has 0 radical (unpaired) electrons. The standard InChI is InChI=1S/C20H23NO4S/c1-15-8-10-19(11-9-15)26(22,23)21-13-17-6-4-5-7-20(17)25-18(14-24-3)12-16(21)2/h4-12,16H,13-14H2,1-3H3/b18-12-/t16-/m0/s1. The summed E-state index contributed by atoms with van der Waals surface area (Å²) in [7, 11) is -2.07. The molecule has 6 heteroatoms. The molecule has 0 amide bonds. The molecular formula is C20H23NO4S. The number of nitrogens with zero attached hydrogens (tertiary/aromatic N) is 1. The van der Waals surface area contributed by atoms with Crippen molar-refractivity contribution < 1.29 is 17.9 Å². The second kappa shape index (κ2) is 7.61. The van der Waals surface area contributed by atoms with Crippen LogP contribution in [-0.2, 0) is 21.3 Å². The highest BCUT2D eigenvalue weighted by molar-refractivity contribution is 7.89. The molecule has 2 aromatic rings. The number of hydrogen-bond acceptors (Lipinski definition) is 4. The minimum atomic E-state index is -3.66. The fourth-order valence-corrected chi connectivity index (χ4v) is 4.50. The fraction of sp³-hybridized carbons (Fsp3) is 0.300. The van der Waals surface area contributed by atoms with Crippen molar-refractivity contribution in [3.8, 4) is 5.75 Å². The van der Waals surface area contributed by atoms with Gasteiger partial charge in [-0.3, -0.25) is 0 Å². The number of ether oxygens (including phenoxy) is 2. The molecule has 1 heterocycles. The lowest BCUT2D eigenvalue weighted by Crippen LogP contribution is -2.38. The summed E-state index contributed by atoms with van der Waals surface area (Å²) in [5, 5.41) is 0. The van der Waals surface area contributed by atoms with Crippen LogP contribution in [0.2, 0.25) is 0 Å². The number of para-hydroxylation sites is 1. The van der Waals surface area contributed by atoms with Crippen LogP contribution in [0.5, 0.6) is 5.75 Å². The molecular weight excluding hydrogens is 350 g/mol. The van der Waals surface area contributed by atoms with Gasteiger partial charge in [0.1, 0.15) is 18.1 Å². The average molecular weight is 373 g/mol. The van der Waals surface area contributed by atoms with E-state index < -0.39 is 10.0 Å². The third-order valence-corrected chi connectivity index (χ3v) is 6.28. The summed E-state index contributed by atoms with van der Waals surface area (Å²) in [4.78, 5) is 0.288. The van der Waals surface area contributed by atoms with E-state index in [1.54, 1.807) is 25.3 Å². The number of methoxy groups -OCH3 is 1. The normalized spacial score (nSPS) is 20.3. The third kappa shape index (κ3) is 3.82. The first-order valence-electron chi connectivity index (χ1n) is 8.45. The molecule has 26 heavy (non-hydrogen) atoms. The van der Waals surface area contributed by atoms with Crippen molar-refractivity contribution in [1.29, 1.82) is 0 Å². The van der Waals surface area contributed by atoms with E-state index in [1.165, 1.54) is 4.31 Å². The molecule has 1 atom stereocenters. The molecule has 0 bridgehead atoms. The van der Waals surface area contributed by atoms with Crippen LogP contribution in [0.25, 0.3) is 0 Å². The lowest BCUT2D eigenvalue weighted by atomic mass is 10.1. The number of rotatable bonds is 4. The molecule has 0 aromatic heterocycles. The number of hydrogen-bond donors (Lipinski definition) is 0. The van der Waals surface area contributed by atoms with Gasteiger partial charge >= 0.3 is 0 Å². The van der Waals surface area contributed by atoms with Gasteiger partial charge in [0.2, 0.25) is 10.0 Å². The van der Waals surface area contributed by atoms with E-state index in [-0.39, 0.29) is 24.1 Å². The summed E-state index contributed by atoms with van der Waals surface area (Å²) in [5.74, 6) is 1.24. The van der Waals surface area contributed by atoms with Crippen molar-refractivity contribution in [2.45, 2.75) is 31.3 Å². The highest BCUT2D eigenvalue weighted by atomic mass is 32.2. The van der Waals surface area contributed by atoms with E-state index in [0.717, 1.165) is 11.1 Å². The van der Waals surface area contributed by atoms with E-state index in [0.29, 0.717) is 11.5 Å². The lowest BCUT2D eigenvalue weighted by molar-refractivity contribution is 0.184. The van der Waals surface area contributed by atoms with Crippen molar-refractivity contribution in [3.63, 3.8) is 0 Å². The van der Waals surface area contributed by atoms with E-state index >= 15 is 0 Å². The highest BCUT2D eigenvalue weighted by Crippen LogP contribution is 2.30. The predicted molar refractivity (Wildman–Crippen MR) is 100 cm³/mol. The molecule has 0 fully saturated rings. The number of benzene rings is 2. The van der Waals surface area contributed by atoms with Gasteiger partial charge < -0.3 is 9.47 Å². The topological polar surface area (TPSA) is 55.8 Å². The van der Waals surface area contributed by atoms with Crippen molar-refractivity contribution in [2.24, 2.45) is 0 Å². The molecule has 3 rings (SSSR count). The van der Waals surface area contributed by atoms with Crippen molar-refractivity contribution in [1.82, 2.24) is 4.31 Å². The third-order valence-electron chi connectivity index (χ3n) is 4.34. The molecule has 0 saturated carbocycles. The van der Waals surface area contributed by atoms with Crippen LogP contribution in [0.3, 0.4) is 0 Å². The van der Waals surface area contributed by atoms with Crippen LogP contribution in [-0.4, -0.2) is 32.5 Å². The first kappa shape index (κ1) is 18.6. The quantitative estimate of drug-likeness (QED) is 0.823. The molecule has 0 aliphatic carbocycles. The second-order valence-corrected chi connectivity index (χ2v) is 8.27.